The van der Waals surface area contributed by atoms with Gasteiger partial charge in [0.25, 0.3) is 0 Å². The number of ketones is 4. The number of carbonyl (C=O) groups is 8. The van der Waals surface area contributed by atoms with Gasteiger partial charge in [-0.05, 0) is 126 Å². The number of hydrogen-bond donors (Lipinski definition) is 8. The summed E-state index contributed by atoms with van der Waals surface area (Å²) in [5.41, 5.74) is 7.27. The molecule has 6 aliphatic heterocycles. The summed E-state index contributed by atoms with van der Waals surface area (Å²) >= 11 is 0. The molecule has 0 bridgehead atoms. The number of rotatable bonds is 20. The number of aromatic nitrogens is 10. The van der Waals surface area contributed by atoms with Crippen molar-refractivity contribution in [3.05, 3.63) is 135 Å². The highest BCUT2D eigenvalue weighted by atomic mass is 16.5. The average Bonchev–Trinajstić information content (AvgIpc) is 1.59. The minimum absolute atomic E-state index is 0.00676. The molecule has 16 rings (SSSR count). The van der Waals surface area contributed by atoms with Crippen LogP contribution in [0.1, 0.15) is 144 Å². The third kappa shape index (κ3) is 16.8. The predicted octanol–water partition coefficient (Wildman–Crippen LogP) is 9.80. The van der Waals surface area contributed by atoms with E-state index in [1.54, 1.807) is 47.0 Å². The molecule has 28 nitrogen and oxygen atoms in total. The first-order valence-electron chi connectivity index (χ1n) is 37.3. The van der Waals surface area contributed by atoms with Gasteiger partial charge >= 0.3 is 0 Å². The molecule has 0 unspecified atom stereocenters. The standard InChI is InChI=1S/C21H26N4O2.2C19H23N5O3.C19H22N4O2/c1-2-18(26)25-11-5-8-15(13-25)24-17-9-10-22-21-19(17)16(12-23-21)20(27)14-6-3-4-7-14;2*1-2-15(25)24-6-3-4-13(9-24)23-19-16-14(8-20-18(16)21-11-22-19)17(26)12-5-7-27-10-12;1-2-16(24)23-9-6-13(7-10-23)22-15-5-8-20-19-17(15)14(11-21-19)18(25)12-3-4-12/h2,9-10,12,14-15H,1,3-8,11,13H2,(H2,22,23,24);2*2,8,11-13H,1,3-7,9-10H2,(H2,20,21,22,23);2,5,8,11-13H,1,3-4,6-7,9-10H2,(H2,20,21,22)/t15-;12-,13+;12-,13-;/m101./s1. The van der Waals surface area contributed by atoms with Gasteiger partial charge in [0.2, 0.25) is 23.6 Å². The molecule has 14 heterocycles. The van der Waals surface area contributed by atoms with Gasteiger partial charge in [-0.1, -0.05) is 39.2 Å². The van der Waals surface area contributed by atoms with E-state index in [0.717, 1.165) is 180 Å². The maximum atomic E-state index is 13.0. The van der Waals surface area contributed by atoms with Crippen molar-refractivity contribution in [2.45, 2.75) is 127 Å². The van der Waals surface area contributed by atoms with Gasteiger partial charge in [-0.2, -0.15) is 0 Å². The van der Waals surface area contributed by atoms with Crippen molar-refractivity contribution in [2.24, 2.45) is 23.7 Å². The zero-order valence-electron chi connectivity index (χ0n) is 59.9. The van der Waals surface area contributed by atoms with Crippen molar-refractivity contribution >= 4 is 114 Å². The SMILES string of the molecule is C=CC(=O)N1CCC(Nc2ccnc3[nH]cc(C(=O)C4CC4)c23)CC1.C=CC(=O)N1CCC[C@@H](Nc2ccnc3[nH]cc(C(=O)C4CCCC4)c23)C1.C=CC(=O)N1CCC[C@@H](Nc2ncnc3[nH]cc(C(=O)[C@@H]4CCOC4)c23)C1.C=CC(=O)N1CCC[C@@H](Nc2ncnc3[nH]cc(C(=O)[C@H]4CCOC4)c23)C1. The van der Waals surface area contributed by atoms with Crippen LogP contribution in [-0.4, -0.2) is 219 Å². The third-order valence-electron chi connectivity index (χ3n) is 21.5. The van der Waals surface area contributed by atoms with E-state index in [4.69, 9.17) is 9.47 Å². The molecule has 2 saturated carbocycles. The van der Waals surface area contributed by atoms with E-state index in [2.05, 4.69) is 97.4 Å². The summed E-state index contributed by atoms with van der Waals surface area (Å²) in [7, 11) is 0. The first-order chi connectivity index (χ1) is 51.7. The van der Waals surface area contributed by atoms with Crippen molar-refractivity contribution < 1.29 is 47.8 Å². The Balaban J connectivity index is 0.000000125. The fourth-order valence-corrected chi connectivity index (χ4v) is 15.6. The highest BCUT2D eigenvalue weighted by molar-refractivity contribution is 6.15. The summed E-state index contributed by atoms with van der Waals surface area (Å²) in [4.78, 5) is 145. The molecular formula is C78H94N18O10. The van der Waals surface area contributed by atoms with Crippen LogP contribution in [0.2, 0.25) is 0 Å². The molecule has 0 spiro atoms. The largest absolute Gasteiger partial charge is 0.382 e. The van der Waals surface area contributed by atoms with Crippen LogP contribution in [-0.2, 0) is 28.7 Å². The van der Waals surface area contributed by atoms with Crippen LogP contribution in [0.25, 0.3) is 44.1 Å². The summed E-state index contributed by atoms with van der Waals surface area (Å²) in [6.07, 6.45) is 33.9. The van der Waals surface area contributed by atoms with Gasteiger partial charge in [-0.3, -0.25) is 38.4 Å². The van der Waals surface area contributed by atoms with Crippen molar-refractivity contribution in [3.63, 3.8) is 0 Å². The maximum Gasteiger partial charge on any atom is 0.246 e. The van der Waals surface area contributed by atoms with Crippen LogP contribution < -0.4 is 21.3 Å². The fraction of sp³-hybridized carbons (Fsp3) is 0.462. The van der Waals surface area contributed by atoms with Crippen LogP contribution in [0.5, 0.6) is 0 Å². The number of hydrogen-bond acceptors (Lipinski definition) is 20. The molecular weight excluding hydrogens is 1350 g/mol. The molecule has 5 atom stereocenters. The van der Waals surface area contributed by atoms with Gasteiger partial charge in [0.15, 0.2) is 23.1 Å². The lowest BCUT2D eigenvalue weighted by Gasteiger charge is -2.33. The lowest BCUT2D eigenvalue weighted by atomic mass is 9.95. The van der Waals surface area contributed by atoms with E-state index in [1.165, 1.54) is 37.0 Å². The van der Waals surface area contributed by atoms with Gasteiger partial charge in [-0.25, -0.2) is 29.9 Å². The Morgan fingerprint density at radius 3 is 1.12 bits per heavy atom. The van der Waals surface area contributed by atoms with E-state index in [9.17, 15) is 38.4 Å². The second kappa shape index (κ2) is 34.0. The summed E-state index contributed by atoms with van der Waals surface area (Å²) in [5, 5.41) is 17.2. The van der Waals surface area contributed by atoms with Crippen molar-refractivity contribution in [2.75, 3.05) is 100 Å². The second-order valence-electron chi connectivity index (χ2n) is 28.6. The molecule has 8 aromatic heterocycles. The first kappa shape index (κ1) is 73.6. The number of Topliss-reactive ketones (excluding diaryl/α,β-unsaturated/α-hetero) is 4. The number of nitrogens with one attached hydrogen (secondary N) is 8. The molecule has 6 saturated heterocycles. The number of fused-ring (bicyclic) bond motifs is 4. The minimum atomic E-state index is -0.118. The first-order valence-corrected chi connectivity index (χ1v) is 37.3. The Hall–Kier alpha value is -10.7. The Bertz CT molecular complexity index is 4240. The van der Waals surface area contributed by atoms with Crippen LogP contribution in [0.15, 0.2) is 113 Å². The summed E-state index contributed by atoms with van der Waals surface area (Å²) in [6, 6.07) is 4.41. The number of aromatic amines is 4. The Labute approximate surface area is 613 Å². The normalized spacial score (nSPS) is 21.2. The molecule has 4 amide bonds. The van der Waals surface area contributed by atoms with E-state index < -0.39 is 0 Å². The van der Waals surface area contributed by atoms with Crippen molar-refractivity contribution in [1.82, 2.24) is 69.4 Å². The highest BCUT2D eigenvalue weighted by Crippen LogP contribution is 2.39. The Kier molecular flexibility index (Phi) is 23.6. The smallest absolute Gasteiger partial charge is 0.246 e. The van der Waals surface area contributed by atoms with Gasteiger partial charge in [0, 0.05) is 184 Å². The number of pyridine rings is 2. The van der Waals surface area contributed by atoms with Gasteiger partial charge in [-0.15, -0.1) is 0 Å². The van der Waals surface area contributed by atoms with Gasteiger partial charge < -0.3 is 70.3 Å². The predicted molar refractivity (Wildman–Crippen MR) is 404 cm³/mol. The number of ether oxygens (including phenoxy) is 2. The zero-order valence-corrected chi connectivity index (χ0v) is 59.9. The quantitative estimate of drug-likeness (QED) is 0.0260. The number of H-pyrrole nitrogens is 4. The van der Waals surface area contributed by atoms with Crippen LogP contribution in [0, 0.1) is 23.7 Å². The number of piperidine rings is 4. The average molecular weight is 1440 g/mol. The molecule has 106 heavy (non-hydrogen) atoms. The Morgan fingerprint density at radius 1 is 0.377 bits per heavy atom. The number of likely N-dealkylation sites (tertiary alicyclic amines) is 4. The van der Waals surface area contributed by atoms with Crippen molar-refractivity contribution in [3.8, 4) is 0 Å². The van der Waals surface area contributed by atoms with Crippen molar-refractivity contribution in [1.29, 1.82) is 0 Å². The lowest BCUT2D eigenvalue weighted by molar-refractivity contribution is -0.127. The highest BCUT2D eigenvalue weighted by Gasteiger charge is 2.36. The van der Waals surface area contributed by atoms with E-state index in [0.29, 0.717) is 90.9 Å². The summed E-state index contributed by atoms with van der Waals surface area (Å²) < 4.78 is 10.7. The topological polar surface area (TPSA) is 357 Å². The molecule has 8 aromatic rings. The monoisotopic (exact) mass is 1440 g/mol. The number of anilines is 4. The number of amides is 4. The molecule has 28 heteroatoms. The van der Waals surface area contributed by atoms with E-state index >= 15 is 0 Å². The van der Waals surface area contributed by atoms with Crippen LogP contribution in [0.4, 0.5) is 23.0 Å². The molecule has 0 radical (unpaired) electrons. The minimum Gasteiger partial charge on any atom is -0.382 e. The third-order valence-corrected chi connectivity index (χ3v) is 21.5. The zero-order chi connectivity index (χ0) is 73.8. The number of nitrogens with zero attached hydrogens (tertiary/aromatic N) is 10. The van der Waals surface area contributed by atoms with Gasteiger partial charge in [0.1, 0.15) is 46.9 Å². The number of carbonyl (C=O) groups excluding carboxylic acids is 8. The van der Waals surface area contributed by atoms with Crippen LogP contribution in [0.3, 0.4) is 0 Å². The fourth-order valence-electron chi connectivity index (χ4n) is 15.6. The molecule has 556 valence electrons. The summed E-state index contributed by atoms with van der Waals surface area (Å²) in [5.74, 6) is 1.73. The molecule has 8 fully saturated rings. The maximum absolute atomic E-state index is 13.0. The molecule has 8 aliphatic rings. The summed E-state index contributed by atoms with van der Waals surface area (Å²) in [6.45, 7) is 21.9. The van der Waals surface area contributed by atoms with E-state index in [1.807, 2.05) is 21.9 Å². The second-order valence-corrected chi connectivity index (χ2v) is 28.6. The molecule has 2 aliphatic carbocycles. The van der Waals surface area contributed by atoms with Gasteiger partial charge in [0.05, 0.1) is 34.8 Å². The molecule has 8 N–H and O–H groups in total. The van der Waals surface area contributed by atoms with Crippen LogP contribution >= 0.6 is 0 Å². The molecule has 0 aromatic carbocycles. The lowest BCUT2D eigenvalue weighted by Crippen LogP contribution is -2.44. The Morgan fingerprint density at radius 2 is 0.736 bits per heavy atom. The van der Waals surface area contributed by atoms with E-state index in [-0.39, 0.29) is 94.6 Å².